The van der Waals surface area contributed by atoms with Crippen molar-refractivity contribution < 1.29 is 21.6 Å². The lowest BCUT2D eigenvalue weighted by Gasteiger charge is -2.19. The Balaban J connectivity index is 1.37. The number of nitrogens with one attached hydrogen (secondary N) is 2. The van der Waals surface area contributed by atoms with Crippen LogP contribution in [0.3, 0.4) is 0 Å². The predicted octanol–water partition coefficient (Wildman–Crippen LogP) is 2.45. The second kappa shape index (κ2) is 9.57. The largest absolute Gasteiger partial charge is 0.351 e. The number of hydrogen-bond donors (Lipinski definition) is 2. The van der Waals surface area contributed by atoms with E-state index in [1.54, 1.807) is 60.7 Å². The van der Waals surface area contributed by atoms with Gasteiger partial charge in [0, 0.05) is 25.2 Å². The summed E-state index contributed by atoms with van der Waals surface area (Å²) in [4.78, 5) is 12.9. The van der Waals surface area contributed by atoms with Gasteiger partial charge in [0.15, 0.2) is 0 Å². The average molecular weight is 500 g/mol. The fourth-order valence-electron chi connectivity index (χ4n) is 3.75. The summed E-state index contributed by atoms with van der Waals surface area (Å²) in [7, 11) is -7.33. The number of anilines is 1. The van der Waals surface area contributed by atoms with Gasteiger partial charge in [-0.05, 0) is 61.4 Å². The molecule has 2 N–H and O–H groups in total. The van der Waals surface area contributed by atoms with Gasteiger partial charge in [0.25, 0.3) is 15.9 Å². The van der Waals surface area contributed by atoms with E-state index in [1.807, 2.05) is 6.92 Å². The molecule has 0 saturated carbocycles. The van der Waals surface area contributed by atoms with E-state index in [0.29, 0.717) is 24.2 Å². The molecule has 0 radical (unpaired) electrons. The lowest BCUT2D eigenvalue weighted by molar-refractivity contribution is 0.0954. The van der Waals surface area contributed by atoms with Gasteiger partial charge < -0.3 is 5.32 Å². The Morgan fingerprint density at radius 3 is 2.29 bits per heavy atom. The zero-order chi connectivity index (χ0) is 24.3. The standard InChI is InChI=1S/C24H25N3O5S2/c1-18-7-10-21(11-8-18)33(29,30)26-15-14-25-24(28)20-9-12-23-19(17-20)13-16-27(23)34(31,32)22-5-3-2-4-6-22/h2-12,17,26H,13-16H2,1H3,(H,25,28). The summed E-state index contributed by atoms with van der Waals surface area (Å²) < 4.78 is 54.4. The van der Waals surface area contributed by atoms with E-state index in [2.05, 4.69) is 10.0 Å². The summed E-state index contributed by atoms with van der Waals surface area (Å²) in [6.07, 6.45) is 0.499. The van der Waals surface area contributed by atoms with E-state index < -0.39 is 20.0 Å². The highest BCUT2D eigenvalue weighted by Gasteiger charge is 2.31. The van der Waals surface area contributed by atoms with Crippen LogP contribution in [0.1, 0.15) is 21.5 Å². The minimum atomic E-state index is -3.67. The van der Waals surface area contributed by atoms with Crippen LogP contribution in [0.25, 0.3) is 0 Å². The van der Waals surface area contributed by atoms with Crippen LogP contribution in [0.4, 0.5) is 5.69 Å². The summed E-state index contributed by atoms with van der Waals surface area (Å²) in [5, 5.41) is 2.69. The van der Waals surface area contributed by atoms with Crippen molar-refractivity contribution in [1.82, 2.24) is 10.0 Å². The molecule has 1 aliphatic heterocycles. The van der Waals surface area contributed by atoms with Crippen LogP contribution in [-0.2, 0) is 26.5 Å². The first kappa shape index (κ1) is 23.9. The second-order valence-corrected chi connectivity index (χ2v) is 11.6. The average Bonchev–Trinajstić information content (AvgIpc) is 3.27. The fraction of sp³-hybridized carbons (Fsp3) is 0.208. The maximum atomic E-state index is 13.0. The topological polar surface area (TPSA) is 113 Å². The quantitative estimate of drug-likeness (QED) is 0.463. The van der Waals surface area contributed by atoms with E-state index in [0.717, 1.165) is 11.1 Å². The van der Waals surface area contributed by atoms with E-state index in [9.17, 15) is 21.6 Å². The Morgan fingerprint density at radius 2 is 1.59 bits per heavy atom. The third-order valence-corrected chi connectivity index (χ3v) is 8.86. The lowest BCUT2D eigenvalue weighted by atomic mass is 10.1. The maximum Gasteiger partial charge on any atom is 0.264 e. The number of nitrogens with zero attached hydrogens (tertiary/aromatic N) is 1. The Morgan fingerprint density at radius 1 is 0.882 bits per heavy atom. The molecule has 0 unspecified atom stereocenters. The van der Waals surface area contributed by atoms with E-state index >= 15 is 0 Å². The van der Waals surface area contributed by atoms with Crippen molar-refractivity contribution in [3.8, 4) is 0 Å². The third-order valence-electron chi connectivity index (χ3n) is 5.56. The molecule has 0 aliphatic carbocycles. The van der Waals surface area contributed by atoms with Crippen molar-refractivity contribution in [3.63, 3.8) is 0 Å². The molecule has 1 amide bonds. The van der Waals surface area contributed by atoms with Crippen molar-refractivity contribution in [2.75, 3.05) is 23.9 Å². The zero-order valence-corrected chi connectivity index (χ0v) is 20.2. The first-order valence-corrected chi connectivity index (χ1v) is 13.7. The normalized spacial score (nSPS) is 13.5. The number of carbonyl (C=O) groups is 1. The van der Waals surface area contributed by atoms with Crippen molar-refractivity contribution in [2.24, 2.45) is 0 Å². The van der Waals surface area contributed by atoms with Crippen LogP contribution in [0.5, 0.6) is 0 Å². The number of carbonyl (C=O) groups excluding carboxylic acids is 1. The molecule has 8 nitrogen and oxygen atoms in total. The summed E-state index contributed by atoms with van der Waals surface area (Å²) in [6, 6.07) is 19.6. The SMILES string of the molecule is Cc1ccc(S(=O)(=O)NCCNC(=O)c2ccc3c(c2)CCN3S(=O)(=O)c2ccccc2)cc1. The van der Waals surface area contributed by atoms with Crippen LogP contribution in [0, 0.1) is 6.92 Å². The van der Waals surface area contributed by atoms with Gasteiger partial charge in [0.05, 0.1) is 15.5 Å². The van der Waals surface area contributed by atoms with E-state index in [4.69, 9.17) is 0 Å². The number of benzene rings is 3. The fourth-order valence-corrected chi connectivity index (χ4v) is 6.30. The van der Waals surface area contributed by atoms with Crippen LogP contribution in [0.15, 0.2) is 82.6 Å². The Labute approximate surface area is 199 Å². The molecular weight excluding hydrogens is 474 g/mol. The molecule has 0 fully saturated rings. The van der Waals surface area contributed by atoms with Gasteiger partial charge in [-0.3, -0.25) is 9.10 Å². The number of fused-ring (bicyclic) bond motifs is 1. The highest BCUT2D eigenvalue weighted by atomic mass is 32.2. The van der Waals surface area contributed by atoms with Gasteiger partial charge in [-0.25, -0.2) is 21.6 Å². The molecule has 178 valence electrons. The summed E-state index contributed by atoms with van der Waals surface area (Å²) in [5.41, 5.74) is 2.68. The summed E-state index contributed by atoms with van der Waals surface area (Å²) in [5.74, 6) is -0.360. The number of amides is 1. The van der Waals surface area contributed by atoms with Crippen molar-refractivity contribution in [2.45, 2.75) is 23.1 Å². The first-order valence-electron chi connectivity index (χ1n) is 10.7. The Kier molecular flexibility index (Phi) is 6.74. The van der Waals surface area contributed by atoms with Gasteiger partial charge in [-0.2, -0.15) is 0 Å². The molecule has 3 aromatic rings. The Bertz CT molecular complexity index is 1400. The van der Waals surface area contributed by atoms with Gasteiger partial charge >= 0.3 is 0 Å². The lowest BCUT2D eigenvalue weighted by Crippen LogP contribution is -2.34. The molecule has 0 aromatic heterocycles. The summed E-state index contributed by atoms with van der Waals surface area (Å²) in [6.45, 7) is 2.32. The van der Waals surface area contributed by atoms with Crippen molar-refractivity contribution >= 4 is 31.6 Å². The van der Waals surface area contributed by atoms with Crippen LogP contribution in [-0.4, -0.2) is 42.4 Å². The maximum absolute atomic E-state index is 13.0. The van der Waals surface area contributed by atoms with E-state index in [1.165, 1.54) is 16.4 Å². The number of sulfonamides is 2. The number of aryl methyl sites for hydroxylation is 1. The minimum absolute atomic E-state index is 0.0377. The molecule has 4 rings (SSSR count). The molecule has 0 bridgehead atoms. The summed E-state index contributed by atoms with van der Waals surface area (Å²) >= 11 is 0. The molecule has 0 saturated heterocycles. The predicted molar refractivity (Wildman–Crippen MR) is 130 cm³/mol. The van der Waals surface area contributed by atoms with Crippen molar-refractivity contribution in [3.05, 3.63) is 89.5 Å². The molecule has 0 atom stereocenters. The first-order chi connectivity index (χ1) is 16.2. The zero-order valence-electron chi connectivity index (χ0n) is 18.6. The highest BCUT2D eigenvalue weighted by Crippen LogP contribution is 2.33. The smallest absolute Gasteiger partial charge is 0.264 e. The Hall–Kier alpha value is -3.21. The third kappa shape index (κ3) is 4.98. The molecule has 3 aromatic carbocycles. The molecule has 1 aliphatic rings. The molecule has 0 spiro atoms. The van der Waals surface area contributed by atoms with Gasteiger partial charge in [-0.15, -0.1) is 0 Å². The van der Waals surface area contributed by atoms with Gasteiger partial charge in [-0.1, -0.05) is 35.9 Å². The molecule has 1 heterocycles. The molecule has 10 heteroatoms. The second-order valence-electron chi connectivity index (χ2n) is 7.95. The van der Waals surface area contributed by atoms with Crippen LogP contribution in [0.2, 0.25) is 0 Å². The highest BCUT2D eigenvalue weighted by molar-refractivity contribution is 7.92. The number of hydrogen-bond acceptors (Lipinski definition) is 5. The van der Waals surface area contributed by atoms with Gasteiger partial charge in [0.2, 0.25) is 10.0 Å². The number of rotatable bonds is 8. The van der Waals surface area contributed by atoms with E-state index in [-0.39, 0.29) is 28.8 Å². The molecule has 34 heavy (non-hydrogen) atoms. The molecular formula is C24H25N3O5S2. The van der Waals surface area contributed by atoms with Crippen molar-refractivity contribution in [1.29, 1.82) is 0 Å². The van der Waals surface area contributed by atoms with Crippen LogP contribution < -0.4 is 14.3 Å². The monoisotopic (exact) mass is 499 g/mol. The van der Waals surface area contributed by atoms with Gasteiger partial charge in [0.1, 0.15) is 0 Å². The minimum Gasteiger partial charge on any atom is -0.351 e. The van der Waals surface area contributed by atoms with Crippen LogP contribution >= 0.6 is 0 Å².